The van der Waals surface area contributed by atoms with Crippen LogP contribution in [0.5, 0.6) is 0 Å². The van der Waals surface area contributed by atoms with Gasteiger partial charge in [-0.25, -0.2) is 0 Å². The molecule has 0 bridgehead atoms. The highest BCUT2D eigenvalue weighted by Crippen LogP contribution is 2.39. The fraction of sp³-hybridized carbons (Fsp3) is 0.308. The molecule has 0 aromatic carbocycles. The molecule has 1 aromatic rings. The lowest BCUT2D eigenvalue weighted by atomic mass is 9.81. The summed E-state index contributed by atoms with van der Waals surface area (Å²) in [6.45, 7) is 0. The number of carbonyl (C=O) groups is 1. The Morgan fingerprint density at radius 3 is 2.80 bits per heavy atom. The lowest BCUT2D eigenvalue weighted by Crippen LogP contribution is -2.48. The number of amides is 1. The first-order chi connectivity index (χ1) is 9.47. The average molecular weight is 306 g/mol. The molecule has 0 saturated heterocycles. The van der Waals surface area contributed by atoms with Gasteiger partial charge in [0.1, 0.15) is 11.7 Å². The Bertz CT molecular complexity index is 613. The zero-order valence-electron chi connectivity index (χ0n) is 11.1. The summed E-state index contributed by atoms with van der Waals surface area (Å²) in [5.41, 5.74) is 6.22. The van der Waals surface area contributed by atoms with Crippen LogP contribution >= 0.6 is 23.6 Å². The molecule has 0 saturated carbocycles. The van der Waals surface area contributed by atoms with E-state index in [1.54, 1.807) is 14.1 Å². The molecule has 3 N–H and O–H groups in total. The minimum Gasteiger partial charge on any atom is -0.384 e. The van der Waals surface area contributed by atoms with Crippen molar-refractivity contribution in [1.82, 2.24) is 10.2 Å². The van der Waals surface area contributed by atoms with E-state index in [1.807, 2.05) is 17.5 Å². The molecule has 1 aliphatic heterocycles. The van der Waals surface area contributed by atoms with E-state index in [9.17, 15) is 10.1 Å². The van der Waals surface area contributed by atoms with Crippen LogP contribution in [0.25, 0.3) is 0 Å². The predicted octanol–water partition coefficient (Wildman–Crippen LogP) is 1.16. The number of hydrogen-bond donors (Lipinski definition) is 2. The fourth-order valence-corrected chi connectivity index (χ4v) is 3.42. The highest BCUT2D eigenvalue weighted by molar-refractivity contribution is 7.80. The number of allylic oxidation sites excluding steroid dienone is 1. The van der Waals surface area contributed by atoms with Gasteiger partial charge in [-0.2, -0.15) is 5.26 Å². The zero-order valence-corrected chi connectivity index (χ0v) is 12.7. The minimum atomic E-state index is -0.597. The zero-order chi connectivity index (χ0) is 14.9. The second kappa shape index (κ2) is 5.61. The van der Waals surface area contributed by atoms with Crippen molar-refractivity contribution in [3.05, 3.63) is 33.8 Å². The van der Waals surface area contributed by atoms with Gasteiger partial charge in [0.2, 0.25) is 5.91 Å². The third-order valence-corrected chi connectivity index (χ3v) is 4.46. The van der Waals surface area contributed by atoms with E-state index in [-0.39, 0.29) is 11.7 Å². The van der Waals surface area contributed by atoms with Gasteiger partial charge in [-0.3, -0.25) is 4.79 Å². The largest absolute Gasteiger partial charge is 0.384 e. The first-order valence-electron chi connectivity index (χ1n) is 5.92. The summed E-state index contributed by atoms with van der Waals surface area (Å²) in [7, 11) is 3.34. The van der Waals surface area contributed by atoms with Gasteiger partial charge in [0.05, 0.1) is 22.5 Å². The minimum absolute atomic E-state index is 0.138. The Labute approximate surface area is 126 Å². The van der Waals surface area contributed by atoms with E-state index < -0.39 is 11.8 Å². The van der Waals surface area contributed by atoms with Crippen molar-refractivity contribution in [3.63, 3.8) is 0 Å². The third-order valence-electron chi connectivity index (χ3n) is 3.15. The number of nitrogens with zero attached hydrogens (tertiary/aromatic N) is 2. The van der Waals surface area contributed by atoms with E-state index >= 15 is 0 Å². The Morgan fingerprint density at radius 1 is 1.60 bits per heavy atom. The van der Waals surface area contributed by atoms with Crippen molar-refractivity contribution in [2.45, 2.75) is 5.92 Å². The molecule has 20 heavy (non-hydrogen) atoms. The quantitative estimate of drug-likeness (QED) is 0.801. The van der Waals surface area contributed by atoms with Crippen LogP contribution in [0, 0.1) is 17.2 Å². The van der Waals surface area contributed by atoms with Gasteiger partial charge in [0.25, 0.3) is 0 Å². The topological polar surface area (TPSA) is 82.2 Å². The van der Waals surface area contributed by atoms with Gasteiger partial charge in [-0.1, -0.05) is 18.3 Å². The maximum Gasteiger partial charge on any atom is 0.233 e. The second-order valence-corrected chi connectivity index (χ2v) is 6.05. The third kappa shape index (κ3) is 2.40. The lowest BCUT2D eigenvalue weighted by molar-refractivity contribution is -0.131. The molecule has 1 aromatic heterocycles. The van der Waals surface area contributed by atoms with Gasteiger partial charge in [0.15, 0.2) is 0 Å². The van der Waals surface area contributed by atoms with Gasteiger partial charge in [-0.15, -0.1) is 11.3 Å². The van der Waals surface area contributed by atoms with Gasteiger partial charge in [-0.05, 0) is 11.4 Å². The maximum atomic E-state index is 12.4. The first kappa shape index (κ1) is 14.5. The van der Waals surface area contributed by atoms with E-state index in [0.29, 0.717) is 10.6 Å². The Hall–Kier alpha value is -1.91. The number of thiophene rings is 1. The maximum absolute atomic E-state index is 12.4. The van der Waals surface area contributed by atoms with Crippen LogP contribution in [0.15, 0.2) is 28.9 Å². The number of nitriles is 1. The van der Waals surface area contributed by atoms with Crippen molar-refractivity contribution in [3.8, 4) is 6.07 Å². The molecule has 2 heterocycles. The smallest absolute Gasteiger partial charge is 0.233 e. The van der Waals surface area contributed by atoms with Crippen molar-refractivity contribution in [1.29, 1.82) is 5.26 Å². The normalized spacial score (nSPS) is 22.1. The molecule has 1 aliphatic rings. The van der Waals surface area contributed by atoms with Crippen molar-refractivity contribution < 1.29 is 4.79 Å². The molecule has 0 unspecified atom stereocenters. The highest BCUT2D eigenvalue weighted by Gasteiger charge is 2.41. The summed E-state index contributed by atoms with van der Waals surface area (Å²) in [6, 6.07) is 5.88. The molecule has 104 valence electrons. The van der Waals surface area contributed by atoms with E-state index in [1.165, 1.54) is 16.2 Å². The molecule has 7 heteroatoms. The van der Waals surface area contributed by atoms with E-state index in [0.717, 1.165) is 4.88 Å². The molecule has 0 radical (unpaired) electrons. The van der Waals surface area contributed by atoms with Crippen LogP contribution in [0.4, 0.5) is 0 Å². The Kier molecular flexibility index (Phi) is 4.06. The summed E-state index contributed by atoms with van der Waals surface area (Å²) in [5.74, 6) is -0.913. The fourth-order valence-electron chi connectivity index (χ4n) is 2.20. The molecular weight excluding hydrogens is 292 g/mol. The second-order valence-electron chi connectivity index (χ2n) is 4.63. The molecule has 0 spiro atoms. The summed E-state index contributed by atoms with van der Waals surface area (Å²) >= 11 is 6.76. The van der Waals surface area contributed by atoms with E-state index in [2.05, 4.69) is 11.4 Å². The lowest BCUT2D eigenvalue weighted by Gasteiger charge is -2.33. The number of thiocarbonyl (C=S) groups is 1. The number of nitrogens with two attached hydrogens (primary N) is 1. The van der Waals surface area contributed by atoms with Crippen molar-refractivity contribution in [2.24, 2.45) is 11.7 Å². The summed E-state index contributed by atoms with van der Waals surface area (Å²) in [4.78, 5) is 15.2. The molecule has 0 fully saturated rings. The number of nitrogens with one attached hydrogen (secondary N) is 1. The van der Waals surface area contributed by atoms with Gasteiger partial charge in [0, 0.05) is 19.0 Å². The summed E-state index contributed by atoms with van der Waals surface area (Å²) in [6.07, 6.45) is 0. The van der Waals surface area contributed by atoms with E-state index in [4.69, 9.17) is 18.0 Å². The molecule has 5 nitrogen and oxygen atoms in total. The molecule has 1 amide bonds. The average Bonchev–Trinajstić information content (AvgIpc) is 2.90. The SMILES string of the molecule is CN(C)C(=O)[C@@H]1C(=S)NC(N)=C(C#N)[C@H]1c1cccs1. The Balaban J connectivity index is 2.57. The van der Waals surface area contributed by atoms with Crippen LogP contribution in [-0.4, -0.2) is 29.9 Å². The molecule has 2 rings (SSSR count). The van der Waals surface area contributed by atoms with Crippen LogP contribution in [-0.2, 0) is 4.79 Å². The number of hydrogen-bond acceptors (Lipinski definition) is 5. The highest BCUT2D eigenvalue weighted by atomic mass is 32.1. The first-order valence-corrected chi connectivity index (χ1v) is 7.21. The van der Waals surface area contributed by atoms with Crippen molar-refractivity contribution in [2.75, 3.05) is 14.1 Å². The van der Waals surface area contributed by atoms with Crippen LogP contribution < -0.4 is 11.1 Å². The van der Waals surface area contributed by atoms with Crippen molar-refractivity contribution >= 4 is 34.5 Å². The molecule has 2 atom stereocenters. The number of rotatable bonds is 2. The molecule has 0 aliphatic carbocycles. The van der Waals surface area contributed by atoms with Gasteiger partial charge < -0.3 is 16.0 Å². The standard InChI is InChI=1S/C13H14N4OS2/c1-17(2)13(18)10-9(8-4-3-5-20-8)7(6-14)11(15)16-12(10)19/h3-5,9-10H,15H2,1-2H3,(H,16,19)/t9-,10-/m0/s1. The number of carbonyl (C=O) groups excluding carboxylic acids is 1. The monoisotopic (exact) mass is 306 g/mol. The summed E-state index contributed by atoms with van der Waals surface area (Å²) < 4.78 is 0. The van der Waals surface area contributed by atoms with Crippen LogP contribution in [0.1, 0.15) is 10.8 Å². The van der Waals surface area contributed by atoms with Crippen LogP contribution in [0.3, 0.4) is 0 Å². The molecular formula is C13H14N4OS2. The van der Waals surface area contributed by atoms with Gasteiger partial charge >= 0.3 is 0 Å². The van der Waals surface area contributed by atoms with Crippen LogP contribution in [0.2, 0.25) is 0 Å². The summed E-state index contributed by atoms with van der Waals surface area (Å²) in [5, 5.41) is 14.1. The Morgan fingerprint density at radius 2 is 2.30 bits per heavy atom. The predicted molar refractivity (Wildman–Crippen MR) is 81.8 cm³/mol.